The Hall–Kier alpha value is -2.82. The molecule has 3 aromatic rings. The Bertz CT molecular complexity index is 953. The van der Waals surface area contributed by atoms with Crippen molar-refractivity contribution in [3.05, 3.63) is 70.1 Å². The molecule has 0 bridgehead atoms. The van der Waals surface area contributed by atoms with E-state index in [1.165, 1.54) is 4.57 Å². The van der Waals surface area contributed by atoms with Crippen molar-refractivity contribution in [2.45, 2.75) is 26.4 Å². The molecule has 0 aliphatic carbocycles. The molecule has 1 aromatic heterocycles. The molecule has 0 saturated carbocycles. The smallest absolute Gasteiger partial charge is 0.329 e. The van der Waals surface area contributed by atoms with Gasteiger partial charge in [0.2, 0.25) is 5.91 Å². The van der Waals surface area contributed by atoms with Gasteiger partial charge >= 0.3 is 5.69 Å². The van der Waals surface area contributed by atoms with Gasteiger partial charge in [0.1, 0.15) is 6.54 Å². The molecule has 1 unspecified atom stereocenters. The molecule has 0 radical (unpaired) electrons. The molecule has 0 aliphatic heterocycles. The van der Waals surface area contributed by atoms with Crippen molar-refractivity contribution in [2.75, 3.05) is 0 Å². The molecular formula is C19H21N3O2. The number of nitrogens with one attached hydrogen (secondary N) is 1. The van der Waals surface area contributed by atoms with Crippen LogP contribution < -0.4 is 11.0 Å². The minimum absolute atomic E-state index is 0.0103. The van der Waals surface area contributed by atoms with Crippen molar-refractivity contribution in [3.8, 4) is 0 Å². The van der Waals surface area contributed by atoms with E-state index < -0.39 is 0 Å². The molecule has 1 amide bonds. The van der Waals surface area contributed by atoms with Crippen LogP contribution in [0.3, 0.4) is 0 Å². The SMILES string of the molecule is Cc1ccccc1C(C)NC(=O)Cn1c(=O)n(C)c2ccccc21. The van der Waals surface area contributed by atoms with E-state index >= 15 is 0 Å². The molecule has 24 heavy (non-hydrogen) atoms. The molecule has 2 aromatic carbocycles. The zero-order valence-electron chi connectivity index (χ0n) is 14.1. The molecule has 0 fully saturated rings. The zero-order valence-corrected chi connectivity index (χ0v) is 14.1. The highest BCUT2D eigenvalue weighted by atomic mass is 16.2. The van der Waals surface area contributed by atoms with E-state index in [4.69, 9.17) is 0 Å². The predicted octanol–water partition coefficient (Wildman–Crippen LogP) is 2.53. The number of amides is 1. The number of nitrogens with zero attached hydrogens (tertiary/aromatic N) is 2. The van der Waals surface area contributed by atoms with Crippen molar-refractivity contribution in [2.24, 2.45) is 7.05 Å². The van der Waals surface area contributed by atoms with E-state index in [0.717, 1.165) is 22.2 Å². The van der Waals surface area contributed by atoms with Crippen LogP contribution in [-0.4, -0.2) is 15.0 Å². The fourth-order valence-electron chi connectivity index (χ4n) is 3.10. The van der Waals surface area contributed by atoms with Crippen molar-refractivity contribution in [3.63, 3.8) is 0 Å². The van der Waals surface area contributed by atoms with Gasteiger partial charge in [-0.15, -0.1) is 0 Å². The topological polar surface area (TPSA) is 56.0 Å². The predicted molar refractivity (Wildman–Crippen MR) is 94.9 cm³/mol. The van der Waals surface area contributed by atoms with Crippen LogP contribution >= 0.6 is 0 Å². The molecule has 3 rings (SSSR count). The molecule has 124 valence electrons. The van der Waals surface area contributed by atoms with Crippen LogP contribution in [0.15, 0.2) is 53.3 Å². The normalized spacial score (nSPS) is 12.3. The Morgan fingerprint density at radius 1 is 1.08 bits per heavy atom. The lowest BCUT2D eigenvalue weighted by Gasteiger charge is -2.16. The van der Waals surface area contributed by atoms with Crippen molar-refractivity contribution in [1.29, 1.82) is 0 Å². The first kappa shape index (κ1) is 16.1. The maximum absolute atomic E-state index is 12.4. The lowest BCUT2D eigenvalue weighted by atomic mass is 10.0. The van der Waals surface area contributed by atoms with E-state index in [9.17, 15) is 9.59 Å². The zero-order chi connectivity index (χ0) is 17.3. The van der Waals surface area contributed by atoms with Gasteiger partial charge < -0.3 is 5.32 Å². The highest BCUT2D eigenvalue weighted by Crippen LogP contribution is 2.17. The van der Waals surface area contributed by atoms with Gasteiger partial charge in [-0.1, -0.05) is 36.4 Å². The summed E-state index contributed by atoms with van der Waals surface area (Å²) in [6, 6.07) is 15.3. The van der Waals surface area contributed by atoms with Crippen molar-refractivity contribution in [1.82, 2.24) is 14.5 Å². The van der Waals surface area contributed by atoms with E-state index in [0.29, 0.717) is 0 Å². The quantitative estimate of drug-likeness (QED) is 0.802. The molecule has 1 heterocycles. The first-order chi connectivity index (χ1) is 11.5. The Labute approximate surface area is 140 Å². The maximum Gasteiger partial charge on any atom is 0.329 e. The lowest BCUT2D eigenvalue weighted by Crippen LogP contribution is -2.34. The summed E-state index contributed by atoms with van der Waals surface area (Å²) in [4.78, 5) is 24.8. The van der Waals surface area contributed by atoms with Gasteiger partial charge in [0, 0.05) is 7.05 Å². The van der Waals surface area contributed by atoms with Crippen LogP contribution in [0.5, 0.6) is 0 Å². The van der Waals surface area contributed by atoms with Gasteiger partial charge in [-0.2, -0.15) is 0 Å². The Kier molecular flexibility index (Phi) is 4.25. The average Bonchev–Trinajstić information content (AvgIpc) is 2.80. The number of aryl methyl sites for hydroxylation is 2. The largest absolute Gasteiger partial charge is 0.348 e. The fourth-order valence-corrected chi connectivity index (χ4v) is 3.10. The molecule has 5 heteroatoms. The number of hydrogen-bond donors (Lipinski definition) is 1. The minimum Gasteiger partial charge on any atom is -0.348 e. The van der Waals surface area contributed by atoms with E-state index in [2.05, 4.69) is 5.32 Å². The lowest BCUT2D eigenvalue weighted by molar-refractivity contribution is -0.122. The summed E-state index contributed by atoms with van der Waals surface area (Å²) in [6.07, 6.45) is 0. The summed E-state index contributed by atoms with van der Waals surface area (Å²) < 4.78 is 3.07. The van der Waals surface area contributed by atoms with Gasteiger partial charge in [0.15, 0.2) is 0 Å². The molecule has 0 aliphatic rings. The minimum atomic E-state index is -0.185. The van der Waals surface area contributed by atoms with Crippen LogP contribution in [-0.2, 0) is 18.4 Å². The summed E-state index contributed by atoms with van der Waals surface area (Å²) in [7, 11) is 1.72. The second kappa shape index (κ2) is 6.35. The highest BCUT2D eigenvalue weighted by molar-refractivity contribution is 5.81. The third-order valence-electron chi connectivity index (χ3n) is 4.39. The van der Waals surface area contributed by atoms with Crippen LogP contribution in [0.4, 0.5) is 0 Å². The Morgan fingerprint density at radius 2 is 1.71 bits per heavy atom. The molecule has 5 nitrogen and oxygen atoms in total. The van der Waals surface area contributed by atoms with Crippen LogP contribution in [0.2, 0.25) is 0 Å². The average molecular weight is 323 g/mol. The van der Waals surface area contributed by atoms with Crippen molar-refractivity contribution < 1.29 is 4.79 Å². The number of imidazole rings is 1. The number of carbonyl (C=O) groups is 1. The maximum atomic E-state index is 12.4. The molecule has 0 spiro atoms. The summed E-state index contributed by atoms with van der Waals surface area (Å²) >= 11 is 0. The van der Waals surface area contributed by atoms with Gasteiger partial charge in [0.05, 0.1) is 17.1 Å². The number of hydrogen-bond acceptors (Lipinski definition) is 2. The van der Waals surface area contributed by atoms with Crippen molar-refractivity contribution >= 4 is 16.9 Å². The summed E-state index contributed by atoms with van der Waals surface area (Å²) in [5.41, 5.74) is 3.62. The van der Waals surface area contributed by atoms with Gasteiger partial charge in [-0.25, -0.2) is 4.79 Å². The van der Waals surface area contributed by atoms with E-state index in [1.807, 2.05) is 62.4 Å². The number of carbonyl (C=O) groups excluding carboxylic acids is 1. The standard InChI is InChI=1S/C19H21N3O2/c1-13-8-4-5-9-15(13)14(2)20-18(23)12-22-17-11-7-6-10-16(17)21(3)19(22)24/h4-11,14H,12H2,1-3H3,(H,20,23). The van der Waals surface area contributed by atoms with Crippen LogP contribution in [0.25, 0.3) is 11.0 Å². The number of benzene rings is 2. The van der Waals surface area contributed by atoms with Gasteiger partial charge in [-0.3, -0.25) is 13.9 Å². The second-order valence-electron chi connectivity index (χ2n) is 6.06. The number of rotatable bonds is 4. The molecular weight excluding hydrogens is 302 g/mol. The van der Waals surface area contributed by atoms with Crippen LogP contribution in [0.1, 0.15) is 24.1 Å². The third-order valence-corrected chi connectivity index (χ3v) is 4.39. The number of para-hydroxylation sites is 2. The molecule has 1 N–H and O–H groups in total. The van der Waals surface area contributed by atoms with E-state index in [-0.39, 0.29) is 24.2 Å². The Balaban J connectivity index is 1.82. The number of fused-ring (bicyclic) bond motifs is 1. The molecule has 1 atom stereocenters. The monoisotopic (exact) mass is 323 g/mol. The van der Waals surface area contributed by atoms with E-state index in [1.54, 1.807) is 11.6 Å². The summed E-state index contributed by atoms with van der Waals surface area (Å²) in [6.45, 7) is 3.98. The number of aromatic nitrogens is 2. The van der Waals surface area contributed by atoms with Gasteiger partial charge in [-0.05, 0) is 37.1 Å². The Morgan fingerprint density at radius 3 is 2.42 bits per heavy atom. The fraction of sp³-hybridized carbons (Fsp3) is 0.263. The summed E-state index contributed by atoms with van der Waals surface area (Å²) in [5, 5.41) is 2.98. The highest BCUT2D eigenvalue weighted by Gasteiger charge is 2.15. The summed E-state index contributed by atoms with van der Waals surface area (Å²) in [5.74, 6) is -0.177. The van der Waals surface area contributed by atoms with Gasteiger partial charge in [0.25, 0.3) is 0 Å². The molecule has 0 saturated heterocycles. The first-order valence-electron chi connectivity index (χ1n) is 7.98. The first-order valence-corrected chi connectivity index (χ1v) is 7.98. The third kappa shape index (κ3) is 2.85. The second-order valence-corrected chi connectivity index (χ2v) is 6.06. The van der Waals surface area contributed by atoms with Crippen LogP contribution in [0, 0.1) is 6.92 Å².